The zero-order chi connectivity index (χ0) is 15.4. The van der Waals surface area contributed by atoms with Crippen molar-refractivity contribution < 1.29 is 4.74 Å². The molecule has 0 radical (unpaired) electrons. The van der Waals surface area contributed by atoms with E-state index in [0.29, 0.717) is 23.6 Å². The molecule has 0 fully saturated rings. The second kappa shape index (κ2) is 6.23. The van der Waals surface area contributed by atoms with Gasteiger partial charge in [-0.1, -0.05) is 11.6 Å². The van der Waals surface area contributed by atoms with Crippen LogP contribution in [0.2, 0.25) is 0 Å². The number of aryl methyl sites for hydroxylation is 2. The summed E-state index contributed by atoms with van der Waals surface area (Å²) in [6.45, 7) is 4.29. The summed E-state index contributed by atoms with van der Waals surface area (Å²) in [6, 6.07) is 9.48. The van der Waals surface area contributed by atoms with E-state index in [2.05, 4.69) is 5.10 Å². The Bertz CT molecular complexity index is 757. The molecule has 1 aromatic heterocycles. The highest BCUT2D eigenvalue weighted by molar-refractivity contribution is 5.68. The monoisotopic (exact) mass is 283 g/mol. The molecule has 0 unspecified atom stereocenters. The van der Waals surface area contributed by atoms with Crippen molar-refractivity contribution in [3.8, 4) is 23.1 Å². The summed E-state index contributed by atoms with van der Waals surface area (Å²) in [5.74, 6) is 0.692. The Morgan fingerprint density at radius 2 is 2.14 bits per heavy atom. The average molecular weight is 283 g/mol. The minimum atomic E-state index is -0.214. The molecular weight excluding hydrogens is 266 g/mol. The van der Waals surface area contributed by atoms with Gasteiger partial charge in [-0.3, -0.25) is 4.79 Å². The van der Waals surface area contributed by atoms with E-state index >= 15 is 0 Å². The summed E-state index contributed by atoms with van der Waals surface area (Å²) in [4.78, 5) is 12.1. The number of hydrogen-bond acceptors (Lipinski definition) is 4. The minimum absolute atomic E-state index is 0.0719. The van der Waals surface area contributed by atoms with Gasteiger partial charge in [0.05, 0.1) is 25.3 Å². The number of methoxy groups -OCH3 is 1. The van der Waals surface area contributed by atoms with Gasteiger partial charge in [0.1, 0.15) is 5.75 Å². The van der Waals surface area contributed by atoms with Crippen molar-refractivity contribution in [2.75, 3.05) is 7.11 Å². The van der Waals surface area contributed by atoms with Crippen molar-refractivity contribution in [1.82, 2.24) is 9.78 Å². The van der Waals surface area contributed by atoms with E-state index in [1.54, 1.807) is 13.2 Å². The Labute approximate surface area is 123 Å². The molecule has 0 bridgehead atoms. The maximum atomic E-state index is 12.1. The Morgan fingerprint density at radius 1 is 1.38 bits per heavy atom. The number of rotatable bonds is 4. The van der Waals surface area contributed by atoms with Gasteiger partial charge < -0.3 is 4.74 Å². The highest BCUT2D eigenvalue weighted by Gasteiger charge is 2.13. The molecule has 0 aliphatic carbocycles. The molecule has 108 valence electrons. The third-order valence-corrected chi connectivity index (χ3v) is 3.25. The Kier molecular flexibility index (Phi) is 4.39. The topological polar surface area (TPSA) is 67.9 Å². The van der Waals surface area contributed by atoms with Crippen molar-refractivity contribution in [3.05, 3.63) is 45.7 Å². The zero-order valence-electron chi connectivity index (χ0n) is 12.4. The summed E-state index contributed by atoms with van der Waals surface area (Å²) in [7, 11) is 1.60. The molecule has 0 saturated carbocycles. The fourth-order valence-corrected chi connectivity index (χ4v) is 2.18. The quantitative estimate of drug-likeness (QED) is 0.863. The molecular formula is C16H17N3O2. The van der Waals surface area contributed by atoms with Gasteiger partial charge in [-0.25, -0.2) is 4.68 Å². The van der Waals surface area contributed by atoms with Gasteiger partial charge >= 0.3 is 0 Å². The standard InChI is InChI=1S/C16H17N3O2/c1-4-19-16(20)12(7-8-17)10-14(18-19)13-9-11(2)5-6-15(13)21-3/h5-6,9-10H,4,7H2,1-3H3. The molecule has 0 amide bonds. The molecule has 5 heteroatoms. The van der Waals surface area contributed by atoms with E-state index in [-0.39, 0.29) is 12.0 Å². The number of ether oxygens (including phenoxy) is 1. The largest absolute Gasteiger partial charge is 0.496 e. The van der Waals surface area contributed by atoms with E-state index in [0.717, 1.165) is 11.1 Å². The van der Waals surface area contributed by atoms with Crippen LogP contribution in [0.4, 0.5) is 0 Å². The Hall–Kier alpha value is -2.61. The highest BCUT2D eigenvalue weighted by Crippen LogP contribution is 2.29. The third kappa shape index (κ3) is 2.95. The maximum absolute atomic E-state index is 12.1. The van der Waals surface area contributed by atoms with E-state index < -0.39 is 0 Å². The summed E-state index contributed by atoms with van der Waals surface area (Å²) in [6.07, 6.45) is 0.0719. The van der Waals surface area contributed by atoms with Gasteiger partial charge in [-0.2, -0.15) is 10.4 Å². The predicted molar refractivity (Wildman–Crippen MR) is 80.2 cm³/mol. The fraction of sp³-hybridized carbons (Fsp3) is 0.312. The number of benzene rings is 1. The van der Waals surface area contributed by atoms with Crippen molar-refractivity contribution in [2.24, 2.45) is 0 Å². The van der Waals surface area contributed by atoms with Gasteiger partial charge in [0, 0.05) is 17.7 Å². The third-order valence-electron chi connectivity index (χ3n) is 3.25. The van der Waals surface area contributed by atoms with Crippen molar-refractivity contribution in [3.63, 3.8) is 0 Å². The van der Waals surface area contributed by atoms with Crippen LogP contribution in [0.5, 0.6) is 5.75 Å². The van der Waals surface area contributed by atoms with Crippen LogP contribution in [-0.4, -0.2) is 16.9 Å². The molecule has 21 heavy (non-hydrogen) atoms. The number of nitriles is 1. The summed E-state index contributed by atoms with van der Waals surface area (Å²) in [5, 5.41) is 13.2. The molecule has 0 spiro atoms. The first-order valence-electron chi connectivity index (χ1n) is 6.73. The second-order valence-corrected chi connectivity index (χ2v) is 4.71. The first-order chi connectivity index (χ1) is 10.1. The molecule has 0 aliphatic heterocycles. The second-order valence-electron chi connectivity index (χ2n) is 4.71. The molecule has 0 atom stereocenters. The van der Waals surface area contributed by atoms with Gasteiger partial charge in [0.15, 0.2) is 0 Å². The van der Waals surface area contributed by atoms with Crippen LogP contribution in [0.15, 0.2) is 29.1 Å². The van der Waals surface area contributed by atoms with Crippen LogP contribution >= 0.6 is 0 Å². The Balaban J connectivity index is 2.70. The summed E-state index contributed by atoms with van der Waals surface area (Å²) < 4.78 is 6.74. The SMILES string of the molecule is CCn1nc(-c2cc(C)ccc2OC)cc(CC#N)c1=O. The molecule has 2 rings (SSSR count). The molecule has 2 aromatic rings. The number of nitrogens with zero attached hydrogens (tertiary/aromatic N) is 3. The van der Waals surface area contributed by atoms with E-state index in [9.17, 15) is 4.79 Å². The lowest BCUT2D eigenvalue weighted by Crippen LogP contribution is -2.25. The van der Waals surface area contributed by atoms with Crippen molar-refractivity contribution in [1.29, 1.82) is 5.26 Å². The van der Waals surface area contributed by atoms with E-state index in [1.807, 2.05) is 38.1 Å². The first-order valence-corrected chi connectivity index (χ1v) is 6.73. The fourth-order valence-electron chi connectivity index (χ4n) is 2.18. The van der Waals surface area contributed by atoms with Crippen LogP contribution in [0.25, 0.3) is 11.3 Å². The lowest BCUT2D eigenvalue weighted by atomic mass is 10.1. The van der Waals surface area contributed by atoms with Crippen LogP contribution in [0, 0.1) is 18.3 Å². The van der Waals surface area contributed by atoms with Crippen molar-refractivity contribution >= 4 is 0 Å². The Morgan fingerprint density at radius 3 is 2.76 bits per heavy atom. The number of aromatic nitrogens is 2. The molecule has 0 saturated heterocycles. The van der Waals surface area contributed by atoms with Crippen molar-refractivity contribution in [2.45, 2.75) is 26.8 Å². The normalized spacial score (nSPS) is 10.2. The van der Waals surface area contributed by atoms with Crippen LogP contribution in [0.1, 0.15) is 18.1 Å². The van der Waals surface area contributed by atoms with Crippen LogP contribution in [0.3, 0.4) is 0 Å². The van der Waals surface area contributed by atoms with E-state index in [1.165, 1.54) is 4.68 Å². The van der Waals surface area contributed by atoms with Gasteiger partial charge in [0.2, 0.25) is 0 Å². The molecule has 0 aliphatic rings. The molecule has 1 aromatic carbocycles. The van der Waals surface area contributed by atoms with Gasteiger partial charge in [-0.05, 0) is 32.0 Å². The maximum Gasteiger partial charge on any atom is 0.271 e. The first kappa shape index (κ1) is 14.8. The van der Waals surface area contributed by atoms with Crippen LogP contribution in [-0.2, 0) is 13.0 Å². The smallest absolute Gasteiger partial charge is 0.271 e. The summed E-state index contributed by atoms with van der Waals surface area (Å²) in [5.41, 5.74) is 2.77. The zero-order valence-corrected chi connectivity index (χ0v) is 12.4. The summed E-state index contributed by atoms with van der Waals surface area (Å²) >= 11 is 0. The lowest BCUT2D eigenvalue weighted by molar-refractivity contribution is 0.416. The van der Waals surface area contributed by atoms with E-state index in [4.69, 9.17) is 10.00 Å². The molecule has 1 heterocycles. The minimum Gasteiger partial charge on any atom is -0.496 e. The van der Waals surface area contributed by atoms with Gasteiger partial charge in [-0.15, -0.1) is 0 Å². The molecule has 0 N–H and O–H groups in total. The number of hydrogen-bond donors (Lipinski definition) is 0. The molecule has 5 nitrogen and oxygen atoms in total. The highest BCUT2D eigenvalue weighted by atomic mass is 16.5. The average Bonchev–Trinajstić information content (AvgIpc) is 2.49. The van der Waals surface area contributed by atoms with Gasteiger partial charge in [0.25, 0.3) is 5.56 Å². The van der Waals surface area contributed by atoms with Crippen LogP contribution < -0.4 is 10.3 Å². The predicted octanol–water partition coefficient (Wildman–Crippen LogP) is 2.31. The lowest BCUT2D eigenvalue weighted by Gasteiger charge is -2.11.